The van der Waals surface area contributed by atoms with Gasteiger partial charge in [0, 0.05) is 35.2 Å². The maximum Gasteiger partial charge on any atom is 0.263 e. The molecule has 0 saturated carbocycles. The molecule has 5 rings (SSSR count). The van der Waals surface area contributed by atoms with Crippen LogP contribution >= 0.6 is 23.2 Å². The second kappa shape index (κ2) is 11.5. The second-order valence-corrected chi connectivity index (χ2v) is 10.3. The molecule has 0 aromatic heterocycles. The van der Waals surface area contributed by atoms with E-state index in [0.29, 0.717) is 41.1 Å². The number of halogens is 2. The van der Waals surface area contributed by atoms with E-state index in [1.54, 1.807) is 11.0 Å². The van der Waals surface area contributed by atoms with Crippen molar-refractivity contribution in [2.24, 2.45) is 5.92 Å². The van der Waals surface area contributed by atoms with Gasteiger partial charge in [0.1, 0.15) is 5.75 Å². The van der Waals surface area contributed by atoms with Crippen LogP contribution < -0.4 is 15.0 Å². The standard InChI is InChI=1S/C29H29Cl2N3O3/c30-23-11-6-12-24(31)22(23)18-33-15-7-10-21(17-33)29(36)34-19-27(37-26-14-5-4-13-25(26)34)28(35)32-16-20-8-2-1-3-9-20/h1-6,8-9,11-14,21,27H,7,10,15-19H2,(H,32,35)/t21-,27+/m0/s1. The van der Waals surface area contributed by atoms with Crippen molar-refractivity contribution in [2.45, 2.75) is 32.0 Å². The van der Waals surface area contributed by atoms with Gasteiger partial charge in [-0.1, -0.05) is 71.7 Å². The van der Waals surface area contributed by atoms with Gasteiger partial charge in [-0.05, 0) is 49.2 Å². The van der Waals surface area contributed by atoms with Crippen molar-refractivity contribution >= 4 is 40.7 Å². The van der Waals surface area contributed by atoms with Gasteiger partial charge in [0.05, 0.1) is 18.2 Å². The van der Waals surface area contributed by atoms with Gasteiger partial charge < -0.3 is 15.0 Å². The molecule has 0 aliphatic carbocycles. The molecule has 3 aromatic rings. The van der Waals surface area contributed by atoms with E-state index in [0.717, 1.165) is 30.5 Å². The number of amides is 2. The predicted octanol–water partition coefficient (Wildman–Crippen LogP) is 5.32. The number of anilines is 1. The average Bonchev–Trinajstić information content (AvgIpc) is 2.93. The summed E-state index contributed by atoms with van der Waals surface area (Å²) in [5, 5.41) is 4.21. The minimum Gasteiger partial charge on any atom is -0.477 e. The van der Waals surface area contributed by atoms with Crippen molar-refractivity contribution < 1.29 is 14.3 Å². The highest BCUT2D eigenvalue weighted by Gasteiger charge is 2.37. The highest BCUT2D eigenvalue weighted by Crippen LogP contribution is 2.35. The third-order valence-corrected chi connectivity index (χ3v) is 7.65. The maximum atomic E-state index is 13.9. The molecular weight excluding hydrogens is 509 g/mol. The van der Waals surface area contributed by atoms with Gasteiger partial charge in [-0.2, -0.15) is 0 Å². The van der Waals surface area contributed by atoms with Crippen LogP contribution in [0.25, 0.3) is 0 Å². The Morgan fingerprint density at radius 1 is 0.919 bits per heavy atom. The Bertz CT molecular complexity index is 1250. The Kier molecular flexibility index (Phi) is 7.99. The van der Waals surface area contributed by atoms with Gasteiger partial charge in [-0.3, -0.25) is 14.5 Å². The Balaban J connectivity index is 1.29. The zero-order chi connectivity index (χ0) is 25.8. The highest BCUT2D eigenvalue weighted by atomic mass is 35.5. The lowest BCUT2D eigenvalue weighted by atomic mass is 9.95. The first-order chi connectivity index (χ1) is 18.0. The Labute approximate surface area is 227 Å². The Hall–Kier alpha value is -3.06. The molecular formula is C29H29Cl2N3O3. The van der Waals surface area contributed by atoms with Gasteiger partial charge >= 0.3 is 0 Å². The molecule has 2 aliphatic rings. The largest absolute Gasteiger partial charge is 0.477 e. The summed E-state index contributed by atoms with van der Waals surface area (Å²) in [6, 6.07) is 22.6. The van der Waals surface area contributed by atoms with Crippen LogP contribution in [-0.2, 0) is 22.7 Å². The normalized spacial score (nSPS) is 19.6. The summed E-state index contributed by atoms with van der Waals surface area (Å²) in [5.41, 5.74) is 2.58. The van der Waals surface area contributed by atoms with Gasteiger partial charge in [-0.25, -0.2) is 0 Å². The SMILES string of the molecule is O=C(NCc1ccccc1)[C@H]1CN(C(=O)[C@H]2CCCN(Cc3c(Cl)cccc3Cl)C2)c2ccccc2O1. The van der Waals surface area contributed by atoms with Crippen molar-refractivity contribution in [3.05, 3.63) is 94.0 Å². The zero-order valence-electron chi connectivity index (χ0n) is 20.4. The molecule has 2 atom stereocenters. The van der Waals surface area contributed by atoms with E-state index in [-0.39, 0.29) is 24.3 Å². The van der Waals surface area contributed by atoms with E-state index in [1.165, 1.54) is 0 Å². The number of nitrogens with one attached hydrogen (secondary N) is 1. The molecule has 1 N–H and O–H groups in total. The molecule has 2 heterocycles. The van der Waals surface area contributed by atoms with Crippen LogP contribution in [0.5, 0.6) is 5.75 Å². The van der Waals surface area contributed by atoms with Crippen LogP contribution in [0.2, 0.25) is 10.0 Å². The number of benzene rings is 3. The minimum atomic E-state index is -0.788. The molecule has 37 heavy (non-hydrogen) atoms. The summed E-state index contributed by atoms with van der Waals surface area (Å²) in [6.07, 6.45) is 0.894. The summed E-state index contributed by atoms with van der Waals surface area (Å²) in [5.74, 6) is 0.105. The highest BCUT2D eigenvalue weighted by molar-refractivity contribution is 6.35. The zero-order valence-corrected chi connectivity index (χ0v) is 21.9. The molecule has 192 valence electrons. The molecule has 0 unspecified atom stereocenters. The third kappa shape index (κ3) is 5.93. The number of likely N-dealkylation sites (tertiary alicyclic amines) is 1. The van der Waals surface area contributed by atoms with Gasteiger partial charge in [0.25, 0.3) is 5.91 Å². The number of piperidine rings is 1. The number of ether oxygens (including phenoxy) is 1. The molecule has 1 saturated heterocycles. The fourth-order valence-corrected chi connectivity index (χ4v) is 5.52. The van der Waals surface area contributed by atoms with Crippen LogP contribution in [0.4, 0.5) is 5.69 Å². The number of carbonyl (C=O) groups is 2. The number of rotatable bonds is 6. The Morgan fingerprint density at radius 3 is 2.43 bits per heavy atom. The molecule has 0 bridgehead atoms. The van der Waals surface area contributed by atoms with E-state index in [1.807, 2.05) is 66.7 Å². The first-order valence-corrected chi connectivity index (χ1v) is 13.3. The number of nitrogens with zero attached hydrogens (tertiary/aromatic N) is 2. The molecule has 0 spiro atoms. The number of fused-ring (bicyclic) bond motifs is 1. The topological polar surface area (TPSA) is 61.9 Å². The van der Waals surface area contributed by atoms with Crippen LogP contribution in [0, 0.1) is 5.92 Å². The van der Waals surface area contributed by atoms with Crippen molar-refractivity contribution in [2.75, 3.05) is 24.5 Å². The van der Waals surface area contributed by atoms with Gasteiger partial charge in [0.2, 0.25) is 5.91 Å². The lowest BCUT2D eigenvalue weighted by Crippen LogP contribution is -2.53. The summed E-state index contributed by atoms with van der Waals surface area (Å²) in [4.78, 5) is 30.8. The molecule has 8 heteroatoms. The smallest absolute Gasteiger partial charge is 0.263 e. The fourth-order valence-electron chi connectivity index (χ4n) is 5.01. The fraction of sp³-hybridized carbons (Fsp3) is 0.310. The molecule has 2 amide bonds. The third-order valence-electron chi connectivity index (χ3n) is 6.94. The molecule has 3 aromatic carbocycles. The summed E-state index contributed by atoms with van der Waals surface area (Å²) in [7, 11) is 0. The lowest BCUT2D eigenvalue weighted by Gasteiger charge is -2.38. The van der Waals surface area contributed by atoms with Crippen LogP contribution in [0.15, 0.2) is 72.8 Å². The molecule has 1 fully saturated rings. The van der Waals surface area contributed by atoms with E-state index >= 15 is 0 Å². The van der Waals surface area contributed by atoms with Crippen LogP contribution in [0.1, 0.15) is 24.0 Å². The molecule has 0 radical (unpaired) electrons. The van der Waals surface area contributed by atoms with Crippen molar-refractivity contribution in [3.8, 4) is 5.75 Å². The number of hydrogen-bond donors (Lipinski definition) is 1. The van der Waals surface area contributed by atoms with E-state index < -0.39 is 6.10 Å². The first-order valence-electron chi connectivity index (χ1n) is 12.5. The number of para-hydroxylation sites is 2. The second-order valence-electron chi connectivity index (χ2n) is 9.50. The van der Waals surface area contributed by atoms with Crippen molar-refractivity contribution in [3.63, 3.8) is 0 Å². The average molecular weight is 538 g/mol. The van der Waals surface area contributed by atoms with E-state index in [9.17, 15) is 9.59 Å². The van der Waals surface area contributed by atoms with Crippen LogP contribution in [-0.4, -0.2) is 42.5 Å². The van der Waals surface area contributed by atoms with Gasteiger partial charge in [-0.15, -0.1) is 0 Å². The number of hydrogen-bond acceptors (Lipinski definition) is 4. The Morgan fingerprint density at radius 2 is 1.65 bits per heavy atom. The number of carbonyl (C=O) groups excluding carboxylic acids is 2. The predicted molar refractivity (Wildman–Crippen MR) is 146 cm³/mol. The van der Waals surface area contributed by atoms with E-state index in [4.69, 9.17) is 27.9 Å². The lowest BCUT2D eigenvalue weighted by molar-refractivity contribution is -0.129. The summed E-state index contributed by atoms with van der Waals surface area (Å²) >= 11 is 12.8. The molecule has 6 nitrogen and oxygen atoms in total. The van der Waals surface area contributed by atoms with Crippen molar-refractivity contribution in [1.82, 2.24) is 10.2 Å². The summed E-state index contributed by atoms with van der Waals surface area (Å²) in [6.45, 7) is 2.63. The van der Waals surface area contributed by atoms with E-state index in [2.05, 4.69) is 10.2 Å². The quantitative estimate of drug-likeness (QED) is 0.462. The summed E-state index contributed by atoms with van der Waals surface area (Å²) < 4.78 is 6.03. The van der Waals surface area contributed by atoms with Gasteiger partial charge in [0.15, 0.2) is 6.10 Å². The monoisotopic (exact) mass is 537 g/mol. The molecule has 2 aliphatic heterocycles. The van der Waals surface area contributed by atoms with Crippen LogP contribution in [0.3, 0.4) is 0 Å². The van der Waals surface area contributed by atoms with Crippen molar-refractivity contribution in [1.29, 1.82) is 0 Å². The minimum absolute atomic E-state index is 0.00608. The maximum absolute atomic E-state index is 13.9. The first kappa shape index (κ1) is 25.6.